The topological polar surface area (TPSA) is 116 Å². The lowest BCUT2D eigenvalue weighted by atomic mass is 10.2. The summed E-state index contributed by atoms with van der Waals surface area (Å²) in [6.07, 6.45) is -0.527. The Morgan fingerprint density at radius 2 is 1.81 bits per heavy atom. The average Bonchev–Trinajstić information content (AvgIpc) is 2.15. The smallest absolute Gasteiger partial charge is 0.305 e. The van der Waals surface area contributed by atoms with Crippen molar-refractivity contribution < 1.29 is 24.6 Å². The van der Waals surface area contributed by atoms with Crippen LogP contribution >= 0.6 is 0 Å². The number of hydrogen-bond acceptors (Lipinski definition) is 4. The first-order valence-electron chi connectivity index (χ1n) is 4.92. The highest BCUT2D eigenvalue weighted by Crippen LogP contribution is 1.93. The van der Waals surface area contributed by atoms with Gasteiger partial charge in [0.05, 0.1) is 18.9 Å². The van der Waals surface area contributed by atoms with Crippen LogP contribution in [0.2, 0.25) is 0 Å². The van der Waals surface area contributed by atoms with Crippen molar-refractivity contribution >= 4 is 17.8 Å². The Morgan fingerprint density at radius 1 is 1.19 bits per heavy atom. The molecule has 0 aromatic heterocycles. The molecule has 0 aromatic rings. The molecule has 0 bridgehead atoms. The van der Waals surface area contributed by atoms with Gasteiger partial charge in [-0.05, 0) is 6.92 Å². The van der Waals surface area contributed by atoms with E-state index in [4.69, 9.17) is 10.2 Å². The summed E-state index contributed by atoms with van der Waals surface area (Å²) in [6.45, 7) is 2.17. The van der Waals surface area contributed by atoms with E-state index in [1.165, 1.54) is 0 Å². The Kier molecular flexibility index (Phi) is 6.86. The number of carboxylic acid groups (broad SMARTS) is 2. The maximum absolute atomic E-state index is 11.4. The monoisotopic (exact) mass is 232 g/mol. The van der Waals surface area contributed by atoms with E-state index in [0.29, 0.717) is 6.54 Å². The lowest BCUT2D eigenvalue weighted by Gasteiger charge is -2.15. The first-order chi connectivity index (χ1) is 7.47. The summed E-state index contributed by atoms with van der Waals surface area (Å²) in [7, 11) is 0. The summed E-state index contributed by atoms with van der Waals surface area (Å²) >= 11 is 0. The molecule has 4 N–H and O–H groups in total. The van der Waals surface area contributed by atoms with Crippen molar-refractivity contribution in [2.24, 2.45) is 0 Å². The molecule has 1 atom stereocenters. The van der Waals surface area contributed by atoms with Crippen molar-refractivity contribution in [3.8, 4) is 0 Å². The molecular weight excluding hydrogens is 216 g/mol. The summed E-state index contributed by atoms with van der Waals surface area (Å²) in [6, 6.07) is -0.892. The molecular formula is C9H16N2O5. The van der Waals surface area contributed by atoms with Gasteiger partial charge in [-0.2, -0.15) is 0 Å². The molecule has 16 heavy (non-hydrogen) atoms. The third-order valence-electron chi connectivity index (χ3n) is 1.78. The minimum absolute atomic E-state index is 0.0599. The molecule has 0 saturated carbocycles. The second-order valence-electron chi connectivity index (χ2n) is 3.14. The zero-order valence-electron chi connectivity index (χ0n) is 9.02. The van der Waals surface area contributed by atoms with E-state index in [2.05, 4.69) is 10.6 Å². The van der Waals surface area contributed by atoms with Crippen molar-refractivity contribution in [3.05, 3.63) is 0 Å². The van der Waals surface area contributed by atoms with Crippen LogP contribution in [0.5, 0.6) is 0 Å². The molecule has 0 heterocycles. The van der Waals surface area contributed by atoms with Crippen molar-refractivity contribution in [3.63, 3.8) is 0 Å². The summed E-state index contributed by atoms with van der Waals surface area (Å²) in [4.78, 5) is 32.1. The second-order valence-corrected chi connectivity index (χ2v) is 3.14. The number of amides is 1. The molecule has 0 aliphatic carbocycles. The second kappa shape index (κ2) is 7.63. The molecule has 0 aliphatic rings. The molecule has 0 fully saturated rings. The SMILES string of the molecule is CCNC(=O)C(CC(=O)O)NCCC(=O)O. The molecule has 92 valence electrons. The predicted octanol–water partition coefficient (Wildman–Crippen LogP) is -0.970. The van der Waals surface area contributed by atoms with E-state index in [-0.39, 0.29) is 19.4 Å². The standard InChI is InChI=1S/C9H16N2O5/c1-2-10-9(16)6(5-8(14)15)11-4-3-7(12)13/h6,11H,2-5H2,1H3,(H,10,16)(H,12,13)(H,14,15). The van der Waals surface area contributed by atoms with Crippen LogP contribution in [0.25, 0.3) is 0 Å². The molecule has 1 amide bonds. The third-order valence-corrected chi connectivity index (χ3v) is 1.78. The molecule has 0 aliphatic heterocycles. The van der Waals surface area contributed by atoms with Crippen molar-refractivity contribution in [1.82, 2.24) is 10.6 Å². The van der Waals surface area contributed by atoms with Crippen molar-refractivity contribution in [2.75, 3.05) is 13.1 Å². The van der Waals surface area contributed by atoms with Gasteiger partial charge in [-0.1, -0.05) is 0 Å². The van der Waals surface area contributed by atoms with E-state index in [1.807, 2.05) is 0 Å². The van der Waals surface area contributed by atoms with Gasteiger partial charge in [0.25, 0.3) is 0 Å². The van der Waals surface area contributed by atoms with Crippen LogP contribution in [0.1, 0.15) is 19.8 Å². The number of likely N-dealkylation sites (N-methyl/N-ethyl adjacent to an activating group) is 1. The van der Waals surface area contributed by atoms with Gasteiger partial charge in [-0.15, -0.1) is 0 Å². The van der Waals surface area contributed by atoms with E-state index in [0.717, 1.165) is 0 Å². The zero-order valence-corrected chi connectivity index (χ0v) is 9.02. The van der Waals surface area contributed by atoms with Gasteiger partial charge in [0.1, 0.15) is 0 Å². The summed E-state index contributed by atoms with van der Waals surface area (Å²) in [5, 5.41) is 22.0. The molecule has 7 heteroatoms. The largest absolute Gasteiger partial charge is 0.481 e. The Morgan fingerprint density at radius 3 is 2.25 bits per heavy atom. The van der Waals surface area contributed by atoms with Crippen LogP contribution in [0.3, 0.4) is 0 Å². The summed E-state index contributed by atoms with van der Waals surface area (Å²) < 4.78 is 0. The van der Waals surface area contributed by atoms with E-state index >= 15 is 0 Å². The van der Waals surface area contributed by atoms with Crippen LogP contribution in [0, 0.1) is 0 Å². The molecule has 1 unspecified atom stereocenters. The number of nitrogens with one attached hydrogen (secondary N) is 2. The maximum atomic E-state index is 11.4. The van der Waals surface area contributed by atoms with Crippen LogP contribution in [-0.2, 0) is 14.4 Å². The Labute approximate surface area is 92.8 Å². The minimum Gasteiger partial charge on any atom is -0.481 e. The van der Waals surface area contributed by atoms with Crippen LogP contribution in [0.4, 0.5) is 0 Å². The number of carbonyl (C=O) groups excluding carboxylic acids is 1. The normalized spacial score (nSPS) is 11.8. The summed E-state index contributed by atoms with van der Waals surface area (Å²) in [5.74, 6) is -2.55. The summed E-state index contributed by atoms with van der Waals surface area (Å²) in [5.41, 5.74) is 0. The van der Waals surface area contributed by atoms with Crippen LogP contribution in [0.15, 0.2) is 0 Å². The Hall–Kier alpha value is -1.63. The van der Waals surface area contributed by atoms with Gasteiger partial charge >= 0.3 is 11.9 Å². The van der Waals surface area contributed by atoms with Gasteiger partial charge in [-0.3, -0.25) is 14.4 Å². The highest BCUT2D eigenvalue weighted by Gasteiger charge is 2.20. The molecule has 7 nitrogen and oxygen atoms in total. The molecule has 0 aromatic carbocycles. The van der Waals surface area contributed by atoms with E-state index in [9.17, 15) is 14.4 Å². The van der Waals surface area contributed by atoms with Crippen LogP contribution in [-0.4, -0.2) is 47.2 Å². The minimum atomic E-state index is -1.11. The first kappa shape index (κ1) is 14.4. The lowest BCUT2D eigenvalue weighted by Crippen LogP contribution is -2.46. The van der Waals surface area contributed by atoms with Crippen LogP contribution < -0.4 is 10.6 Å². The third kappa shape index (κ3) is 6.77. The molecule has 0 rings (SSSR count). The van der Waals surface area contributed by atoms with Gasteiger partial charge in [0.2, 0.25) is 5.91 Å². The number of hydrogen-bond donors (Lipinski definition) is 4. The number of rotatable bonds is 8. The van der Waals surface area contributed by atoms with Crippen molar-refractivity contribution in [2.45, 2.75) is 25.8 Å². The highest BCUT2D eigenvalue weighted by atomic mass is 16.4. The maximum Gasteiger partial charge on any atom is 0.305 e. The first-order valence-corrected chi connectivity index (χ1v) is 4.92. The number of carboxylic acids is 2. The zero-order chi connectivity index (χ0) is 12.6. The van der Waals surface area contributed by atoms with Gasteiger partial charge < -0.3 is 20.8 Å². The molecule has 0 spiro atoms. The highest BCUT2D eigenvalue weighted by molar-refractivity contribution is 5.86. The molecule has 0 radical (unpaired) electrons. The van der Waals surface area contributed by atoms with E-state index < -0.39 is 23.9 Å². The molecule has 0 saturated heterocycles. The fraction of sp³-hybridized carbons (Fsp3) is 0.667. The lowest BCUT2D eigenvalue weighted by molar-refractivity contribution is -0.140. The van der Waals surface area contributed by atoms with E-state index in [1.54, 1.807) is 6.92 Å². The number of carbonyl (C=O) groups is 3. The predicted molar refractivity (Wildman–Crippen MR) is 55.0 cm³/mol. The van der Waals surface area contributed by atoms with Gasteiger partial charge in [0.15, 0.2) is 0 Å². The van der Waals surface area contributed by atoms with Crippen molar-refractivity contribution in [1.29, 1.82) is 0 Å². The van der Waals surface area contributed by atoms with Gasteiger partial charge in [-0.25, -0.2) is 0 Å². The number of aliphatic carboxylic acids is 2. The Bertz CT molecular complexity index is 267. The Balaban J connectivity index is 4.14. The van der Waals surface area contributed by atoms with Gasteiger partial charge in [0, 0.05) is 13.1 Å². The fourth-order valence-corrected chi connectivity index (χ4v) is 1.08. The average molecular weight is 232 g/mol. The quantitative estimate of drug-likeness (QED) is 0.428. The fourth-order valence-electron chi connectivity index (χ4n) is 1.08.